The number of methoxy groups -OCH3 is 1. The van der Waals surface area contributed by atoms with E-state index in [1.165, 1.54) is 18.4 Å². The number of benzene rings is 2. The molecule has 0 aliphatic carbocycles. The third-order valence-corrected chi connectivity index (χ3v) is 7.32. The van der Waals surface area contributed by atoms with Gasteiger partial charge in [-0.05, 0) is 36.5 Å². The maximum atomic E-state index is 11.5. The number of carbonyl (C=O) groups excluding carboxylic acids is 1. The summed E-state index contributed by atoms with van der Waals surface area (Å²) in [4.78, 5) is 16.3. The zero-order valence-corrected chi connectivity index (χ0v) is 18.5. The fourth-order valence-electron chi connectivity index (χ4n) is 2.56. The lowest BCUT2D eigenvalue weighted by Crippen LogP contribution is -2.00. The lowest BCUT2D eigenvalue weighted by Gasteiger charge is -2.00. The molecule has 0 atom stereocenters. The van der Waals surface area contributed by atoms with Gasteiger partial charge >= 0.3 is 5.97 Å². The zero-order valence-electron chi connectivity index (χ0n) is 15.3. The molecule has 0 amide bonds. The molecule has 2 aromatic heterocycles. The Balaban J connectivity index is 1.44. The summed E-state index contributed by atoms with van der Waals surface area (Å²) in [7, 11) is 1.37. The molecular formula is C20H15N3O2S4. The summed E-state index contributed by atoms with van der Waals surface area (Å²) in [6.07, 6.45) is 0. The van der Waals surface area contributed by atoms with Crippen molar-refractivity contribution in [3.05, 3.63) is 75.2 Å². The van der Waals surface area contributed by atoms with Crippen molar-refractivity contribution < 1.29 is 9.53 Å². The van der Waals surface area contributed by atoms with Crippen LogP contribution in [0.25, 0.3) is 16.3 Å². The molecule has 0 aliphatic heterocycles. The molecule has 0 fully saturated rings. The van der Waals surface area contributed by atoms with Crippen LogP contribution in [0.2, 0.25) is 0 Å². The second-order valence-electron chi connectivity index (χ2n) is 5.88. The molecule has 5 nitrogen and oxygen atoms in total. The van der Waals surface area contributed by atoms with E-state index in [1.54, 1.807) is 39.9 Å². The highest BCUT2D eigenvalue weighted by Gasteiger charge is 2.10. The monoisotopic (exact) mass is 457 g/mol. The number of rotatable bonds is 6. The van der Waals surface area contributed by atoms with Crippen LogP contribution in [0, 0.1) is 3.95 Å². The lowest BCUT2D eigenvalue weighted by atomic mass is 10.1. The van der Waals surface area contributed by atoms with E-state index in [1.807, 2.05) is 47.8 Å². The molecule has 0 unspecified atom stereocenters. The van der Waals surface area contributed by atoms with Gasteiger partial charge in [-0.1, -0.05) is 53.4 Å². The van der Waals surface area contributed by atoms with Crippen LogP contribution < -0.4 is 0 Å². The van der Waals surface area contributed by atoms with Gasteiger partial charge in [0.15, 0.2) is 8.29 Å². The number of esters is 1. The first-order valence-electron chi connectivity index (χ1n) is 8.55. The van der Waals surface area contributed by atoms with Gasteiger partial charge in [-0.3, -0.25) is 0 Å². The largest absolute Gasteiger partial charge is 0.465 e. The Kier molecular flexibility index (Phi) is 6.19. The van der Waals surface area contributed by atoms with E-state index in [0.717, 1.165) is 30.2 Å². The zero-order chi connectivity index (χ0) is 20.2. The molecular weight excluding hydrogens is 443 g/mol. The molecule has 2 heterocycles. The number of hydrogen-bond acceptors (Lipinski definition) is 8. The molecule has 9 heteroatoms. The SMILES string of the molecule is COC(=O)c1ccc(-c2nc(CSc3nn(-c4ccccc4)c(=S)s3)cs2)cc1. The minimum atomic E-state index is -0.343. The molecule has 0 aliphatic rings. The smallest absolute Gasteiger partial charge is 0.337 e. The molecule has 0 bridgehead atoms. The molecule has 0 radical (unpaired) electrons. The molecule has 0 N–H and O–H groups in total. The van der Waals surface area contributed by atoms with E-state index >= 15 is 0 Å². The number of ether oxygens (including phenoxy) is 1. The highest BCUT2D eigenvalue weighted by Crippen LogP contribution is 2.30. The first-order chi connectivity index (χ1) is 14.1. The van der Waals surface area contributed by atoms with E-state index in [2.05, 4.69) is 5.10 Å². The normalized spacial score (nSPS) is 10.8. The number of aromatic nitrogens is 3. The van der Waals surface area contributed by atoms with E-state index in [4.69, 9.17) is 21.9 Å². The molecule has 146 valence electrons. The predicted molar refractivity (Wildman–Crippen MR) is 121 cm³/mol. The molecule has 4 aromatic rings. The van der Waals surface area contributed by atoms with Gasteiger partial charge in [0.25, 0.3) is 0 Å². The average Bonchev–Trinajstić information content (AvgIpc) is 3.39. The summed E-state index contributed by atoms with van der Waals surface area (Å²) in [5.41, 5.74) is 3.45. The van der Waals surface area contributed by atoms with E-state index < -0.39 is 0 Å². The van der Waals surface area contributed by atoms with Crippen molar-refractivity contribution in [3.63, 3.8) is 0 Å². The van der Waals surface area contributed by atoms with Gasteiger partial charge in [-0.25, -0.2) is 14.5 Å². The van der Waals surface area contributed by atoms with Crippen molar-refractivity contribution in [2.45, 2.75) is 10.1 Å². The highest BCUT2D eigenvalue weighted by molar-refractivity contribution is 8.00. The molecule has 0 saturated heterocycles. The van der Waals surface area contributed by atoms with Gasteiger partial charge in [-0.15, -0.1) is 16.4 Å². The Hall–Kier alpha value is -2.33. The fourth-order valence-corrected chi connectivity index (χ4v) is 5.74. The van der Waals surface area contributed by atoms with Crippen LogP contribution in [-0.4, -0.2) is 27.8 Å². The van der Waals surface area contributed by atoms with Crippen LogP contribution in [0.4, 0.5) is 0 Å². The average molecular weight is 458 g/mol. The van der Waals surface area contributed by atoms with Gasteiger partial charge < -0.3 is 4.74 Å². The standard InChI is InChI=1S/C20H15N3O2S4/c1-25-18(24)14-9-7-13(8-10-14)17-21-15(11-27-17)12-28-19-22-23(20(26)29-19)16-5-3-2-4-6-16/h2-11H,12H2,1H3. The van der Waals surface area contributed by atoms with Crippen molar-refractivity contribution in [1.82, 2.24) is 14.8 Å². The fraction of sp³-hybridized carbons (Fsp3) is 0.100. The van der Waals surface area contributed by atoms with E-state index in [9.17, 15) is 4.79 Å². The summed E-state index contributed by atoms with van der Waals surface area (Å²) in [5.74, 6) is 0.374. The first kappa shape index (κ1) is 20.0. The van der Waals surface area contributed by atoms with E-state index in [0.29, 0.717) is 11.3 Å². The van der Waals surface area contributed by atoms with Crippen molar-refractivity contribution >= 4 is 52.6 Å². The van der Waals surface area contributed by atoms with Gasteiger partial charge in [0.1, 0.15) is 5.01 Å². The van der Waals surface area contributed by atoms with Gasteiger partial charge in [0, 0.05) is 16.7 Å². The van der Waals surface area contributed by atoms with Crippen molar-refractivity contribution in [2.24, 2.45) is 0 Å². The van der Waals surface area contributed by atoms with Gasteiger partial charge in [0.2, 0.25) is 0 Å². The quantitative estimate of drug-likeness (QED) is 0.205. The molecule has 0 spiro atoms. The second-order valence-corrected chi connectivity index (χ2v) is 9.59. The summed E-state index contributed by atoms with van der Waals surface area (Å²) < 4.78 is 8.16. The highest BCUT2D eigenvalue weighted by atomic mass is 32.2. The Morgan fingerprint density at radius 1 is 1.17 bits per heavy atom. The van der Waals surface area contributed by atoms with Crippen molar-refractivity contribution in [3.8, 4) is 16.3 Å². The molecule has 4 rings (SSSR count). The number of para-hydroxylation sites is 1. The third kappa shape index (κ3) is 4.64. The number of thiazole rings is 1. The topological polar surface area (TPSA) is 57.0 Å². The van der Waals surface area contributed by atoms with Crippen molar-refractivity contribution in [2.75, 3.05) is 7.11 Å². The lowest BCUT2D eigenvalue weighted by molar-refractivity contribution is 0.0601. The molecule has 2 aromatic carbocycles. The maximum absolute atomic E-state index is 11.5. The Labute approximate surface area is 185 Å². The second kappa shape index (κ2) is 9.00. The summed E-state index contributed by atoms with van der Waals surface area (Å²) in [6, 6.07) is 17.2. The summed E-state index contributed by atoms with van der Waals surface area (Å²) in [5, 5.41) is 7.58. The Morgan fingerprint density at radius 3 is 2.66 bits per heavy atom. The predicted octanol–water partition coefficient (Wildman–Crippen LogP) is 5.87. The first-order valence-corrected chi connectivity index (χ1v) is 11.6. The third-order valence-electron chi connectivity index (χ3n) is 3.98. The Morgan fingerprint density at radius 2 is 1.93 bits per heavy atom. The number of nitrogens with zero attached hydrogens (tertiary/aromatic N) is 3. The summed E-state index contributed by atoms with van der Waals surface area (Å²) in [6.45, 7) is 0. The van der Waals surface area contributed by atoms with Crippen molar-refractivity contribution in [1.29, 1.82) is 0 Å². The van der Waals surface area contributed by atoms with Crippen LogP contribution in [0.15, 0.2) is 64.3 Å². The van der Waals surface area contributed by atoms with Crippen LogP contribution in [0.1, 0.15) is 16.1 Å². The van der Waals surface area contributed by atoms with Crippen LogP contribution in [-0.2, 0) is 10.5 Å². The van der Waals surface area contributed by atoms with Crippen LogP contribution in [0.5, 0.6) is 0 Å². The van der Waals surface area contributed by atoms with Crippen LogP contribution >= 0.6 is 46.7 Å². The molecule has 0 saturated carbocycles. The molecule has 29 heavy (non-hydrogen) atoms. The minimum Gasteiger partial charge on any atom is -0.465 e. The van der Waals surface area contributed by atoms with Gasteiger partial charge in [0.05, 0.1) is 24.1 Å². The number of carbonyl (C=O) groups is 1. The summed E-state index contributed by atoms with van der Waals surface area (Å²) >= 11 is 10.2. The van der Waals surface area contributed by atoms with E-state index in [-0.39, 0.29) is 5.97 Å². The Bertz CT molecular complexity index is 1180. The number of thioether (sulfide) groups is 1. The number of hydrogen-bond donors (Lipinski definition) is 0. The van der Waals surface area contributed by atoms with Crippen LogP contribution in [0.3, 0.4) is 0 Å². The maximum Gasteiger partial charge on any atom is 0.337 e. The van der Waals surface area contributed by atoms with Gasteiger partial charge in [-0.2, -0.15) is 0 Å². The minimum absolute atomic E-state index is 0.343.